The molecule has 2 heterocycles. The summed E-state index contributed by atoms with van der Waals surface area (Å²) >= 11 is 0. The Bertz CT molecular complexity index is 1070. The molecule has 1 saturated heterocycles. The molecule has 162 valence electrons. The first kappa shape index (κ1) is 20.7. The number of imidazole rings is 1. The van der Waals surface area contributed by atoms with Crippen LogP contribution in [0.1, 0.15) is 18.4 Å². The third-order valence-corrected chi connectivity index (χ3v) is 5.78. The van der Waals surface area contributed by atoms with Crippen LogP contribution >= 0.6 is 0 Å². The molecule has 0 bridgehead atoms. The van der Waals surface area contributed by atoms with E-state index in [2.05, 4.69) is 9.88 Å². The molecule has 0 saturated carbocycles. The molecule has 0 aliphatic carbocycles. The van der Waals surface area contributed by atoms with Crippen molar-refractivity contribution in [2.24, 2.45) is 0 Å². The molecule has 2 aromatic carbocycles. The quantitative estimate of drug-likeness (QED) is 0.597. The molecule has 1 aromatic heterocycles. The minimum atomic E-state index is -0.177. The zero-order chi connectivity index (χ0) is 22.0. The highest BCUT2D eigenvalue weighted by Crippen LogP contribution is 2.31. The van der Waals surface area contributed by atoms with Crippen molar-refractivity contribution >= 4 is 6.03 Å². The van der Waals surface area contributed by atoms with Crippen molar-refractivity contribution in [2.45, 2.75) is 25.4 Å². The smallest absolute Gasteiger partial charge is 0.329 e. The Hall–Kier alpha value is -3.52. The zero-order valence-electron chi connectivity index (χ0n) is 17.3. The van der Waals surface area contributed by atoms with E-state index in [1.807, 2.05) is 12.1 Å². The number of carbonyl (C=O) groups excluding carboxylic acids is 1. The molecule has 0 unspecified atom stereocenters. The minimum Gasteiger partial charge on any atom is -0.508 e. The van der Waals surface area contributed by atoms with E-state index >= 15 is 0 Å². The highest BCUT2D eigenvalue weighted by Gasteiger charge is 2.26. The number of benzene rings is 2. The van der Waals surface area contributed by atoms with Crippen LogP contribution in [0.5, 0.6) is 17.2 Å². The summed E-state index contributed by atoms with van der Waals surface area (Å²) in [6.07, 6.45) is 4.75. The topological polar surface area (TPSA) is 102 Å². The molecule has 8 nitrogen and oxygen atoms in total. The second-order valence-electron chi connectivity index (χ2n) is 7.94. The van der Waals surface area contributed by atoms with Crippen LogP contribution in [0.3, 0.4) is 0 Å². The Morgan fingerprint density at radius 3 is 2.55 bits per heavy atom. The van der Waals surface area contributed by atoms with Crippen molar-refractivity contribution in [2.75, 3.05) is 20.1 Å². The van der Waals surface area contributed by atoms with Gasteiger partial charge in [0.05, 0.1) is 5.69 Å². The van der Waals surface area contributed by atoms with Crippen LogP contribution in [0.2, 0.25) is 0 Å². The summed E-state index contributed by atoms with van der Waals surface area (Å²) in [5.41, 5.74) is 1.98. The molecule has 8 heteroatoms. The number of carbonyl (C=O) groups is 1. The predicted octanol–water partition coefficient (Wildman–Crippen LogP) is 3.23. The molecule has 4 rings (SSSR count). The summed E-state index contributed by atoms with van der Waals surface area (Å²) in [5.74, 6) is 0.148. The molecule has 0 radical (unpaired) electrons. The molecule has 1 aliphatic heterocycles. The van der Waals surface area contributed by atoms with Crippen LogP contribution in [0, 0.1) is 0 Å². The number of phenolic OH excluding ortho intramolecular Hbond substituents is 3. The lowest BCUT2D eigenvalue weighted by Crippen LogP contribution is -2.46. The number of aromatic nitrogens is 2. The monoisotopic (exact) mass is 422 g/mol. The Balaban J connectivity index is 1.36. The molecular weight excluding hydrogens is 396 g/mol. The molecule has 0 spiro atoms. The molecule has 1 aliphatic rings. The van der Waals surface area contributed by atoms with Gasteiger partial charge in [-0.2, -0.15) is 0 Å². The van der Waals surface area contributed by atoms with Crippen molar-refractivity contribution in [1.82, 2.24) is 19.4 Å². The van der Waals surface area contributed by atoms with Gasteiger partial charge in [0, 0.05) is 50.6 Å². The van der Waals surface area contributed by atoms with Crippen LogP contribution < -0.4 is 0 Å². The minimum absolute atomic E-state index is 0.0353. The van der Waals surface area contributed by atoms with Gasteiger partial charge in [0.25, 0.3) is 0 Å². The van der Waals surface area contributed by atoms with Gasteiger partial charge in [0.1, 0.15) is 23.6 Å². The molecule has 0 atom stereocenters. The Labute approximate surface area is 180 Å². The third-order valence-electron chi connectivity index (χ3n) is 5.78. The van der Waals surface area contributed by atoms with Crippen LogP contribution in [-0.2, 0) is 6.54 Å². The number of piperidine rings is 1. The van der Waals surface area contributed by atoms with Crippen molar-refractivity contribution in [3.05, 3.63) is 60.6 Å². The van der Waals surface area contributed by atoms with E-state index in [0.717, 1.165) is 38.0 Å². The largest absolute Gasteiger partial charge is 0.508 e. The van der Waals surface area contributed by atoms with Gasteiger partial charge in [-0.25, -0.2) is 9.78 Å². The molecular formula is C23H26N4O4. The summed E-state index contributed by atoms with van der Waals surface area (Å²) in [6.45, 7) is 2.52. The summed E-state index contributed by atoms with van der Waals surface area (Å²) in [7, 11) is 1.80. The highest BCUT2D eigenvalue weighted by atomic mass is 16.3. The molecule has 1 fully saturated rings. The Morgan fingerprint density at radius 1 is 1.10 bits per heavy atom. The molecule has 3 aromatic rings. The van der Waals surface area contributed by atoms with E-state index in [0.29, 0.717) is 11.3 Å². The van der Waals surface area contributed by atoms with Gasteiger partial charge >= 0.3 is 6.03 Å². The average Bonchev–Trinajstić information content (AvgIpc) is 3.23. The first-order valence-corrected chi connectivity index (χ1v) is 10.2. The average molecular weight is 422 g/mol. The van der Waals surface area contributed by atoms with E-state index in [1.54, 1.807) is 36.3 Å². The number of hydrogen-bond acceptors (Lipinski definition) is 6. The molecule has 31 heavy (non-hydrogen) atoms. The Morgan fingerprint density at radius 2 is 1.84 bits per heavy atom. The van der Waals surface area contributed by atoms with Crippen molar-refractivity contribution < 1.29 is 20.1 Å². The third kappa shape index (κ3) is 4.64. The maximum atomic E-state index is 12.9. The van der Waals surface area contributed by atoms with Gasteiger partial charge in [-0.15, -0.1) is 0 Å². The fourth-order valence-electron chi connectivity index (χ4n) is 4.02. The van der Waals surface area contributed by atoms with Crippen molar-refractivity contribution in [3.8, 4) is 28.5 Å². The van der Waals surface area contributed by atoms with E-state index in [9.17, 15) is 20.1 Å². The number of likely N-dealkylation sites (tertiary alicyclic amines) is 1. The zero-order valence-corrected chi connectivity index (χ0v) is 17.3. The van der Waals surface area contributed by atoms with Gasteiger partial charge in [0.2, 0.25) is 0 Å². The molecule has 1 amide bonds. The van der Waals surface area contributed by atoms with Gasteiger partial charge in [-0.05, 0) is 42.7 Å². The van der Waals surface area contributed by atoms with Gasteiger partial charge in [-0.1, -0.05) is 12.1 Å². The van der Waals surface area contributed by atoms with Crippen LogP contribution in [0.15, 0.2) is 55.0 Å². The lowest BCUT2D eigenvalue weighted by atomic mass is 10.0. The van der Waals surface area contributed by atoms with E-state index < -0.39 is 0 Å². The first-order valence-electron chi connectivity index (χ1n) is 10.2. The first-order chi connectivity index (χ1) is 14.9. The maximum Gasteiger partial charge on any atom is 0.329 e. The molecule has 3 N–H and O–H groups in total. The van der Waals surface area contributed by atoms with E-state index in [-0.39, 0.29) is 29.3 Å². The fraction of sp³-hybridized carbons (Fsp3) is 0.304. The number of rotatable bonds is 4. The summed E-state index contributed by atoms with van der Waals surface area (Å²) in [5, 5.41) is 29.1. The van der Waals surface area contributed by atoms with Gasteiger partial charge < -0.3 is 20.2 Å². The highest BCUT2D eigenvalue weighted by molar-refractivity contribution is 5.79. The lowest BCUT2D eigenvalue weighted by Gasteiger charge is -2.36. The Kier molecular flexibility index (Phi) is 5.81. The van der Waals surface area contributed by atoms with E-state index in [4.69, 9.17) is 0 Å². The van der Waals surface area contributed by atoms with Crippen molar-refractivity contribution in [1.29, 1.82) is 0 Å². The maximum absolute atomic E-state index is 12.9. The number of hydrogen-bond donors (Lipinski definition) is 3. The number of nitrogens with zero attached hydrogens (tertiary/aromatic N) is 4. The normalized spacial score (nSPS) is 15.1. The van der Waals surface area contributed by atoms with Crippen LogP contribution in [0.25, 0.3) is 11.3 Å². The second-order valence-corrected chi connectivity index (χ2v) is 7.94. The summed E-state index contributed by atoms with van der Waals surface area (Å²) in [4.78, 5) is 21.2. The van der Waals surface area contributed by atoms with E-state index in [1.165, 1.54) is 23.0 Å². The second kappa shape index (κ2) is 8.69. The number of phenols is 3. The fourth-order valence-corrected chi connectivity index (χ4v) is 4.02. The summed E-state index contributed by atoms with van der Waals surface area (Å²) in [6, 6.07) is 11.5. The standard InChI is InChI=1S/C23H26N4O4/c1-25(17-7-9-26(10-8-17)13-16-3-2-4-18(28)11-16)23(31)27-14-21(24-15-27)20-6-5-19(29)12-22(20)30/h2-6,11-12,14-15,17,28-30H,7-10,13H2,1H3. The van der Waals surface area contributed by atoms with Crippen molar-refractivity contribution in [3.63, 3.8) is 0 Å². The van der Waals surface area contributed by atoms with Gasteiger partial charge in [-0.3, -0.25) is 9.47 Å². The SMILES string of the molecule is CN(C(=O)n1cnc(-c2ccc(O)cc2O)c1)C1CCN(Cc2cccc(O)c2)CC1. The lowest BCUT2D eigenvalue weighted by molar-refractivity contribution is 0.132. The van der Waals surface area contributed by atoms with Crippen LogP contribution in [-0.4, -0.2) is 66.9 Å². The summed E-state index contributed by atoms with van der Waals surface area (Å²) < 4.78 is 1.42. The number of aromatic hydroxyl groups is 3. The predicted molar refractivity (Wildman–Crippen MR) is 116 cm³/mol. The number of amides is 1. The van der Waals surface area contributed by atoms with Gasteiger partial charge in [0.15, 0.2) is 0 Å². The van der Waals surface area contributed by atoms with Crippen LogP contribution in [0.4, 0.5) is 4.79 Å².